The van der Waals surface area contributed by atoms with Gasteiger partial charge in [-0.05, 0) is 68.6 Å². The van der Waals surface area contributed by atoms with Gasteiger partial charge in [-0.3, -0.25) is 23.6 Å². The zero-order valence-electron chi connectivity index (χ0n) is 30.2. The van der Waals surface area contributed by atoms with Gasteiger partial charge in [0, 0.05) is 23.9 Å². The van der Waals surface area contributed by atoms with Crippen LogP contribution >= 0.6 is 11.6 Å². The molecule has 1 aromatic carbocycles. The molecule has 1 aliphatic heterocycles. The Labute approximate surface area is 313 Å². The standard InChI is InChI=1S/C36H46ClN5O10S/c1-6-20-18-36(20,33(45)41-53(47,48)52-22-11-12-22)40-31(43)25-17-23(50-26-15-16-38-29-24(26)13-14-27(49-5)28(29)37)19-42(25)32(44)30(35(2,3)4)39-34(46)51-21-9-7-8-10-21/h6,13-16,20-23,25,30H,1,7-12,17-19H2,2-5H3,(H,39,46)(H,40,43)(H,41,45)/t20?,23-,25?,30-,36-/m1/s1. The number of methoxy groups -OCH3 is 1. The van der Waals surface area contributed by atoms with Gasteiger partial charge in [-0.25, -0.2) is 9.52 Å². The van der Waals surface area contributed by atoms with E-state index in [9.17, 15) is 27.6 Å². The third-order valence-electron chi connectivity index (χ3n) is 10.1. The van der Waals surface area contributed by atoms with Crippen LogP contribution in [0.25, 0.3) is 10.9 Å². The number of nitrogens with zero attached hydrogens (tertiary/aromatic N) is 2. The van der Waals surface area contributed by atoms with E-state index in [0.717, 1.165) is 25.7 Å². The lowest BCUT2D eigenvalue weighted by atomic mass is 9.85. The summed E-state index contributed by atoms with van der Waals surface area (Å²) in [6.07, 6.45) is 5.35. The van der Waals surface area contributed by atoms with Gasteiger partial charge in [0.05, 0.1) is 25.3 Å². The summed E-state index contributed by atoms with van der Waals surface area (Å²) in [4.78, 5) is 61.0. The molecule has 0 spiro atoms. The monoisotopic (exact) mass is 775 g/mol. The molecule has 2 aromatic rings. The number of hydrogen-bond acceptors (Lipinski definition) is 11. The smallest absolute Gasteiger partial charge is 0.408 e. The molecule has 3 aliphatic carbocycles. The second kappa shape index (κ2) is 14.9. The molecular formula is C36H46ClN5O10S. The summed E-state index contributed by atoms with van der Waals surface area (Å²) in [5, 5.41) is 6.35. The fourth-order valence-corrected chi connectivity index (χ4v) is 8.29. The van der Waals surface area contributed by atoms with E-state index in [0.29, 0.717) is 35.2 Å². The molecule has 53 heavy (non-hydrogen) atoms. The van der Waals surface area contributed by atoms with Crippen molar-refractivity contribution in [3.8, 4) is 11.5 Å². The Morgan fingerprint density at radius 3 is 2.40 bits per heavy atom. The first-order chi connectivity index (χ1) is 25.0. The number of halogens is 1. The summed E-state index contributed by atoms with van der Waals surface area (Å²) in [5.74, 6) is -2.01. The van der Waals surface area contributed by atoms with Gasteiger partial charge in [-0.15, -0.1) is 6.58 Å². The number of fused-ring (bicyclic) bond motifs is 1. The number of alkyl carbamates (subject to hydrolysis) is 1. The number of likely N-dealkylation sites (tertiary alicyclic amines) is 1. The quantitative estimate of drug-likeness (QED) is 0.250. The van der Waals surface area contributed by atoms with Gasteiger partial charge < -0.3 is 29.7 Å². The average molecular weight is 776 g/mol. The number of pyridine rings is 1. The van der Waals surface area contributed by atoms with Crippen molar-refractivity contribution in [2.45, 2.75) is 108 Å². The molecule has 288 valence electrons. The maximum atomic E-state index is 14.5. The molecule has 1 aromatic heterocycles. The molecule has 2 heterocycles. The Kier molecular flexibility index (Phi) is 10.9. The molecule has 0 radical (unpaired) electrons. The minimum Gasteiger partial charge on any atom is -0.495 e. The Morgan fingerprint density at radius 2 is 1.77 bits per heavy atom. The number of aromatic nitrogens is 1. The van der Waals surface area contributed by atoms with Crippen molar-refractivity contribution in [1.29, 1.82) is 0 Å². The number of hydrogen-bond donors (Lipinski definition) is 3. The normalized spacial score (nSPS) is 25.0. The molecule has 1 saturated heterocycles. The molecule has 6 rings (SSSR count). The number of rotatable bonds is 13. The maximum absolute atomic E-state index is 14.5. The SMILES string of the molecule is C=CC1C[C@]1(NC(=O)C1C[C@@H](Oc2ccnc3c(Cl)c(OC)ccc23)CN1C(=O)[C@@H](NC(=O)OC1CCCC1)C(C)(C)C)C(=O)NS(=O)(=O)OC1CC1. The highest BCUT2D eigenvalue weighted by molar-refractivity contribution is 7.85. The van der Waals surface area contributed by atoms with E-state index >= 15 is 0 Å². The fraction of sp³-hybridized carbons (Fsp3) is 0.583. The molecule has 5 atom stereocenters. The van der Waals surface area contributed by atoms with E-state index in [2.05, 4.69) is 22.2 Å². The van der Waals surface area contributed by atoms with Crippen LogP contribution in [0.1, 0.15) is 72.1 Å². The molecule has 15 nitrogen and oxygen atoms in total. The van der Waals surface area contributed by atoms with Gasteiger partial charge in [-0.2, -0.15) is 8.42 Å². The van der Waals surface area contributed by atoms with Crippen molar-refractivity contribution in [3.05, 3.63) is 42.1 Å². The Bertz CT molecular complexity index is 1890. The molecule has 3 N–H and O–H groups in total. The lowest BCUT2D eigenvalue weighted by molar-refractivity contribution is -0.143. The van der Waals surface area contributed by atoms with Gasteiger partial charge in [0.15, 0.2) is 0 Å². The van der Waals surface area contributed by atoms with Gasteiger partial charge in [0.25, 0.3) is 5.91 Å². The van der Waals surface area contributed by atoms with Crippen LogP contribution in [0, 0.1) is 11.3 Å². The van der Waals surface area contributed by atoms with Crippen molar-refractivity contribution in [3.63, 3.8) is 0 Å². The maximum Gasteiger partial charge on any atom is 0.408 e. The zero-order chi connectivity index (χ0) is 38.3. The summed E-state index contributed by atoms with van der Waals surface area (Å²) in [7, 11) is -2.94. The van der Waals surface area contributed by atoms with Crippen LogP contribution in [0.2, 0.25) is 5.02 Å². The Morgan fingerprint density at radius 1 is 1.06 bits per heavy atom. The van der Waals surface area contributed by atoms with Gasteiger partial charge in [-0.1, -0.05) is 38.4 Å². The summed E-state index contributed by atoms with van der Waals surface area (Å²) in [6.45, 7) is 9.04. The van der Waals surface area contributed by atoms with Crippen LogP contribution in [0.15, 0.2) is 37.1 Å². The van der Waals surface area contributed by atoms with Crippen molar-refractivity contribution in [1.82, 2.24) is 25.2 Å². The number of ether oxygens (including phenoxy) is 3. The summed E-state index contributed by atoms with van der Waals surface area (Å²) in [6, 6.07) is 2.77. The highest BCUT2D eigenvalue weighted by atomic mass is 35.5. The second-order valence-corrected chi connectivity index (χ2v) is 16.9. The first-order valence-electron chi connectivity index (χ1n) is 17.8. The van der Waals surface area contributed by atoms with Gasteiger partial charge in [0.2, 0.25) is 11.8 Å². The molecule has 0 bridgehead atoms. The predicted octanol–water partition coefficient (Wildman–Crippen LogP) is 3.93. The zero-order valence-corrected chi connectivity index (χ0v) is 31.8. The lowest BCUT2D eigenvalue weighted by Crippen LogP contribution is -2.60. The van der Waals surface area contributed by atoms with Gasteiger partial charge >= 0.3 is 16.4 Å². The molecule has 2 unspecified atom stereocenters. The van der Waals surface area contributed by atoms with E-state index in [1.54, 1.807) is 39.0 Å². The van der Waals surface area contributed by atoms with Crippen LogP contribution in [0.4, 0.5) is 4.79 Å². The first kappa shape index (κ1) is 38.6. The topological polar surface area (TPSA) is 192 Å². The van der Waals surface area contributed by atoms with E-state index in [-0.39, 0.29) is 30.5 Å². The van der Waals surface area contributed by atoms with Crippen LogP contribution in [0.5, 0.6) is 11.5 Å². The highest BCUT2D eigenvalue weighted by Gasteiger charge is 2.62. The first-order valence-corrected chi connectivity index (χ1v) is 19.6. The van der Waals surface area contributed by atoms with E-state index in [1.165, 1.54) is 24.3 Å². The molecule has 17 heteroatoms. The molecular weight excluding hydrogens is 730 g/mol. The molecule has 4 aliphatic rings. The number of carbonyl (C=O) groups excluding carboxylic acids is 4. The Hall–Kier alpha value is -4.15. The van der Waals surface area contributed by atoms with Crippen molar-refractivity contribution in [2.24, 2.45) is 11.3 Å². The summed E-state index contributed by atoms with van der Waals surface area (Å²) >= 11 is 6.54. The fourth-order valence-electron chi connectivity index (χ4n) is 6.99. The summed E-state index contributed by atoms with van der Waals surface area (Å²) < 4.78 is 49.4. The number of nitrogens with one attached hydrogen (secondary N) is 3. The number of benzene rings is 1. The van der Waals surface area contributed by atoms with E-state index < -0.39 is 75.3 Å². The number of carbonyl (C=O) groups is 4. The van der Waals surface area contributed by atoms with Crippen LogP contribution in [0.3, 0.4) is 0 Å². The summed E-state index contributed by atoms with van der Waals surface area (Å²) in [5.41, 5.74) is -2.03. The predicted molar refractivity (Wildman–Crippen MR) is 193 cm³/mol. The van der Waals surface area contributed by atoms with Crippen molar-refractivity contribution in [2.75, 3.05) is 13.7 Å². The molecule has 4 fully saturated rings. The minimum atomic E-state index is -4.43. The van der Waals surface area contributed by atoms with Crippen LogP contribution < -0.4 is 24.8 Å². The second-order valence-electron chi connectivity index (χ2n) is 15.2. The van der Waals surface area contributed by atoms with Crippen LogP contribution in [-0.4, -0.2) is 91.7 Å². The van der Waals surface area contributed by atoms with Crippen molar-refractivity contribution < 1.29 is 46.0 Å². The van der Waals surface area contributed by atoms with Gasteiger partial charge in [0.1, 0.15) is 46.4 Å². The minimum absolute atomic E-state index is 0.00575. The lowest BCUT2D eigenvalue weighted by Gasteiger charge is -2.35. The average Bonchev–Trinajstić information content (AvgIpc) is 3.92. The van der Waals surface area contributed by atoms with Crippen LogP contribution in [-0.2, 0) is 33.6 Å². The Balaban J connectivity index is 1.27. The third kappa shape index (κ3) is 8.49. The number of amides is 4. The molecule has 4 amide bonds. The van der Waals surface area contributed by atoms with E-state index in [4.69, 9.17) is 30.0 Å². The third-order valence-corrected chi connectivity index (χ3v) is 11.5. The largest absolute Gasteiger partial charge is 0.495 e. The molecule has 3 saturated carbocycles. The van der Waals surface area contributed by atoms with Crippen molar-refractivity contribution >= 4 is 56.6 Å². The highest BCUT2D eigenvalue weighted by Crippen LogP contribution is 2.45. The van der Waals surface area contributed by atoms with E-state index in [1.807, 2.05) is 4.72 Å².